The van der Waals surface area contributed by atoms with Gasteiger partial charge in [0.15, 0.2) is 6.61 Å². The Morgan fingerprint density at radius 2 is 2.27 bits per heavy atom. The summed E-state index contributed by atoms with van der Waals surface area (Å²) >= 11 is 0. The molecule has 0 atom stereocenters. The number of nitrogens with zero attached hydrogens (tertiary/aromatic N) is 2. The molecule has 0 aliphatic carbocycles. The van der Waals surface area contributed by atoms with Gasteiger partial charge in [-0.2, -0.15) is 4.98 Å². The average molecular weight is 319 g/mol. The van der Waals surface area contributed by atoms with Crippen molar-refractivity contribution in [2.45, 2.75) is 32.4 Å². The molecule has 2 aromatic heterocycles. The number of aromatic nitrogens is 2. The SMILES string of the molecule is C[Si](C)(C)CCOCn1ccc2cc3c(nc21)OCC(=O)N3. The fourth-order valence-corrected chi connectivity index (χ4v) is 3.02. The highest BCUT2D eigenvalue weighted by atomic mass is 28.3. The molecule has 0 unspecified atom stereocenters. The number of hydrogen-bond acceptors (Lipinski definition) is 4. The smallest absolute Gasteiger partial charge is 0.262 e. The van der Waals surface area contributed by atoms with Crippen LogP contribution in [-0.4, -0.2) is 36.7 Å². The van der Waals surface area contributed by atoms with Crippen LogP contribution in [0.5, 0.6) is 5.88 Å². The van der Waals surface area contributed by atoms with Gasteiger partial charge in [-0.3, -0.25) is 4.79 Å². The van der Waals surface area contributed by atoms with Crippen LogP contribution >= 0.6 is 0 Å². The first-order valence-corrected chi connectivity index (χ1v) is 11.1. The number of pyridine rings is 1. The third kappa shape index (κ3) is 3.31. The third-order valence-electron chi connectivity index (χ3n) is 3.54. The van der Waals surface area contributed by atoms with Crippen LogP contribution in [0, 0.1) is 0 Å². The summed E-state index contributed by atoms with van der Waals surface area (Å²) < 4.78 is 13.1. The van der Waals surface area contributed by atoms with Crippen LogP contribution < -0.4 is 10.1 Å². The number of carbonyl (C=O) groups excluding carboxylic acids is 1. The molecule has 1 aliphatic heterocycles. The molecule has 118 valence electrons. The predicted octanol–water partition coefficient (Wildman–Crippen LogP) is 2.68. The van der Waals surface area contributed by atoms with E-state index in [9.17, 15) is 4.79 Å². The van der Waals surface area contributed by atoms with E-state index in [0.717, 1.165) is 23.7 Å². The van der Waals surface area contributed by atoms with Crippen molar-refractivity contribution in [2.24, 2.45) is 0 Å². The maximum atomic E-state index is 11.3. The number of fused-ring (bicyclic) bond motifs is 2. The number of anilines is 1. The van der Waals surface area contributed by atoms with Crippen LogP contribution in [-0.2, 0) is 16.3 Å². The van der Waals surface area contributed by atoms with Gasteiger partial charge in [-0.15, -0.1) is 0 Å². The van der Waals surface area contributed by atoms with Gasteiger partial charge in [0.1, 0.15) is 18.1 Å². The second-order valence-corrected chi connectivity index (χ2v) is 12.3. The van der Waals surface area contributed by atoms with E-state index in [1.165, 1.54) is 0 Å². The van der Waals surface area contributed by atoms with E-state index in [4.69, 9.17) is 9.47 Å². The Hall–Kier alpha value is -1.86. The van der Waals surface area contributed by atoms with Crippen molar-refractivity contribution < 1.29 is 14.3 Å². The van der Waals surface area contributed by atoms with Gasteiger partial charge in [-0.1, -0.05) is 19.6 Å². The lowest BCUT2D eigenvalue weighted by Gasteiger charge is -2.17. The minimum atomic E-state index is -1.07. The topological polar surface area (TPSA) is 65.4 Å². The quantitative estimate of drug-likeness (QED) is 0.680. The molecule has 2 aromatic rings. The van der Waals surface area contributed by atoms with Gasteiger partial charge in [-0.25, -0.2) is 0 Å². The van der Waals surface area contributed by atoms with Crippen molar-refractivity contribution in [1.82, 2.24) is 9.55 Å². The van der Waals surface area contributed by atoms with Crippen LogP contribution in [0.15, 0.2) is 18.3 Å². The molecule has 7 heteroatoms. The molecule has 0 spiro atoms. The highest BCUT2D eigenvalue weighted by molar-refractivity contribution is 6.76. The van der Waals surface area contributed by atoms with Crippen molar-refractivity contribution in [3.05, 3.63) is 18.3 Å². The largest absolute Gasteiger partial charge is 0.466 e. The minimum Gasteiger partial charge on any atom is -0.466 e. The fourth-order valence-electron chi connectivity index (χ4n) is 2.26. The van der Waals surface area contributed by atoms with Crippen molar-refractivity contribution in [3.63, 3.8) is 0 Å². The molecular formula is C15H21N3O3Si. The van der Waals surface area contributed by atoms with E-state index >= 15 is 0 Å². The van der Waals surface area contributed by atoms with Gasteiger partial charge in [0.05, 0.1) is 0 Å². The summed E-state index contributed by atoms with van der Waals surface area (Å²) in [5.74, 6) is 0.317. The molecule has 0 saturated heterocycles. The Kier molecular flexibility index (Phi) is 3.92. The molecule has 6 nitrogen and oxygen atoms in total. The molecule has 0 radical (unpaired) electrons. The monoisotopic (exact) mass is 319 g/mol. The maximum absolute atomic E-state index is 11.3. The number of rotatable bonds is 5. The lowest BCUT2D eigenvalue weighted by atomic mass is 10.3. The van der Waals surface area contributed by atoms with E-state index in [1.807, 2.05) is 22.9 Å². The summed E-state index contributed by atoms with van der Waals surface area (Å²) in [6.07, 6.45) is 1.94. The molecule has 1 amide bonds. The lowest BCUT2D eigenvalue weighted by Crippen LogP contribution is -2.26. The summed E-state index contributed by atoms with van der Waals surface area (Å²) in [6.45, 7) is 8.26. The zero-order chi connectivity index (χ0) is 15.7. The van der Waals surface area contributed by atoms with Crippen molar-refractivity contribution in [1.29, 1.82) is 0 Å². The van der Waals surface area contributed by atoms with Gasteiger partial charge < -0.3 is 19.4 Å². The van der Waals surface area contributed by atoms with Crippen LogP contribution in [0.25, 0.3) is 11.0 Å². The summed E-state index contributed by atoms with van der Waals surface area (Å²) in [5, 5.41) is 3.72. The number of amides is 1. The van der Waals surface area contributed by atoms with Gasteiger partial charge in [0, 0.05) is 26.3 Å². The summed E-state index contributed by atoms with van der Waals surface area (Å²) in [5.41, 5.74) is 1.43. The minimum absolute atomic E-state index is 0.0128. The first-order valence-electron chi connectivity index (χ1n) is 7.43. The summed E-state index contributed by atoms with van der Waals surface area (Å²) in [4.78, 5) is 15.8. The second kappa shape index (κ2) is 5.73. The molecule has 0 fully saturated rings. The fraction of sp³-hybridized carbons (Fsp3) is 0.467. The molecule has 0 aromatic carbocycles. The normalized spacial score (nSPS) is 14.6. The van der Waals surface area contributed by atoms with E-state index in [1.54, 1.807) is 0 Å². The number of ether oxygens (including phenoxy) is 2. The molecule has 1 aliphatic rings. The Morgan fingerprint density at radius 1 is 1.45 bits per heavy atom. The summed E-state index contributed by atoms with van der Waals surface area (Å²) in [6, 6.07) is 4.99. The molecule has 0 saturated carbocycles. The van der Waals surface area contributed by atoms with E-state index in [0.29, 0.717) is 18.3 Å². The second-order valence-electron chi connectivity index (χ2n) is 6.72. The standard InChI is InChI=1S/C15H21N3O3Si/c1-22(2,3)7-6-20-10-18-5-4-11-8-12-15(17-14(11)18)21-9-13(19)16-12/h4-5,8H,6-7,9-10H2,1-3H3,(H,16,19). The van der Waals surface area contributed by atoms with Crippen molar-refractivity contribution in [2.75, 3.05) is 18.5 Å². The van der Waals surface area contributed by atoms with Crippen LogP contribution in [0.1, 0.15) is 0 Å². The third-order valence-corrected chi connectivity index (χ3v) is 5.25. The highest BCUT2D eigenvalue weighted by Crippen LogP contribution is 2.29. The van der Waals surface area contributed by atoms with Gasteiger partial charge in [0.25, 0.3) is 5.91 Å². The van der Waals surface area contributed by atoms with E-state index < -0.39 is 8.07 Å². The lowest BCUT2D eigenvalue weighted by molar-refractivity contribution is -0.118. The molecule has 0 bridgehead atoms. The van der Waals surface area contributed by atoms with E-state index in [-0.39, 0.29) is 12.5 Å². The molecule has 22 heavy (non-hydrogen) atoms. The van der Waals surface area contributed by atoms with Gasteiger partial charge >= 0.3 is 0 Å². The van der Waals surface area contributed by atoms with E-state index in [2.05, 4.69) is 29.9 Å². The van der Waals surface area contributed by atoms with Crippen molar-refractivity contribution in [3.8, 4) is 5.88 Å². The van der Waals surface area contributed by atoms with Crippen LogP contribution in [0.2, 0.25) is 25.7 Å². The molecule has 3 heterocycles. The highest BCUT2D eigenvalue weighted by Gasteiger charge is 2.19. The Balaban J connectivity index is 1.73. The Morgan fingerprint density at radius 3 is 3.05 bits per heavy atom. The first-order chi connectivity index (χ1) is 10.4. The number of carbonyl (C=O) groups is 1. The zero-order valence-corrected chi connectivity index (χ0v) is 14.2. The molecule has 1 N–H and O–H groups in total. The number of hydrogen-bond donors (Lipinski definition) is 1. The van der Waals surface area contributed by atoms with Gasteiger partial charge in [-0.05, 0) is 18.2 Å². The van der Waals surface area contributed by atoms with Crippen LogP contribution in [0.3, 0.4) is 0 Å². The first kappa shape index (κ1) is 15.0. The average Bonchev–Trinajstić information content (AvgIpc) is 2.82. The summed E-state index contributed by atoms with van der Waals surface area (Å²) in [7, 11) is -1.07. The Labute approximate surface area is 130 Å². The molecular weight excluding hydrogens is 298 g/mol. The molecule has 3 rings (SSSR count). The number of nitrogens with one attached hydrogen (secondary N) is 1. The van der Waals surface area contributed by atoms with Crippen molar-refractivity contribution >= 4 is 30.7 Å². The van der Waals surface area contributed by atoms with Crippen LogP contribution in [0.4, 0.5) is 5.69 Å². The maximum Gasteiger partial charge on any atom is 0.262 e. The van der Waals surface area contributed by atoms with Gasteiger partial charge in [0.2, 0.25) is 5.88 Å². The Bertz CT molecular complexity index is 706. The zero-order valence-electron chi connectivity index (χ0n) is 13.2. The predicted molar refractivity (Wildman–Crippen MR) is 88.0 cm³/mol.